The molecular weight excluding hydrogens is 1750 g/mol. The number of pyridine rings is 1. The Kier molecular flexibility index (Phi) is 37.1. The number of alkyl carbamates (subject to hydrolysis) is 1. The first kappa shape index (κ1) is 103. The van der Waals surface area contributed by atoms with E-state index in [9.17, 15) is 117 Å². The fourth-order valence-corrected chi connectivity index (χ4v) is 16.6. The van der Waals surface area contributed by atoms with E-state index in [1.165, 1.54) is 0 Å². The van der Waals surface area contributed by atoms with Gasteiger partial charge in [-0.2, -0.15) is 0 Å². The van der Waals surface area contributed by atoms with Crippen LogP contribution in [0.15, 0.2) is 77.9 Å². The number of aliphatic hydroxyl groups excluding tert-OH is 20. The number of benzene rings is 2. The molecule has 3 amide bonds. The first-order valence-corrected chi connectivity index (χ1v) is 43.7. The minimum Gasteiger partial charge on any atom is -0.478 e. The summed E-state index contributed by atoms with van der Waals surface area (Å²) in [6.45, 7) is 1.96. The molecule has 0 radical (unpaired) electrons. The molecular formula is C83H126N8O40. The first-order valence-electron chi connectivity index (χ1n) is 43.7. The Hall–Kier alpha value is -6.57. The maximum Gasteiger partial charge on any atom is 0.408 e. The summed E-state index contributed by atoms with van der Waals surface area (Å²) < 4.78 is 93.9. The number of aliphatic hydroxyl groups is 20. The fraction of sp³-hybridized carbons (Fsp3) is 0.747. The predicted octanol–water partition coefficient (Wildman–Crippen LogP) is -8.18. The minimum absolute atomic E-state index is 0.111. The predicted molar refractivity (Wildman–Crippen MR) is 438 cm³/mol. The number of amides is 3. The summed E-state index contributed by atoms with van der Waals surface area (Å²) in [6.07, 6.45) is -71.4. The molecule has 36 atom stereocenters. The van der Waals surface area contributed by atoms with Crippen molar-refractivity contribution in [2.75, 3.05) is 65.9 Å². The molecule has 21 fully saturated rings. The lowest BCUT2D eigenvalue weighted by Gasteiger charge is -2.50. The topological polar surface area (TPSA) is 701 Å². The van der Waals surface area contributed by atoms with Gasteiger partial charge >= 0.3 is 6.09 Å². The molecule has 22 aliphatic heterocycles. The van der Waals surface area contributed by atoms with Gasteiger partial charge < -0.3 is 189 Å². The Balaban J connectivity index is 0.699. The molecule has 48 nitrogen and oxygen atoms in total. The Morgan fingerprint density at radius 2 is 0.832 bits per heavy atom. The van der Waals surface area contributed by atoms with Crippen LogP contribution >= 0.6 is 0 Å². The van der Waals surface area contributed by atoms with Crippen molar-refractivity contribution in [3.63, 3.8) is 0 Å². The molecule has 25 rings (SSSR count). The quantitative estimate of drug-likeness (QED) is 0.0218. The van der Waals surface area contributed by atoms with Gasteiger partial charge in [-0.05, 0) is 89.3 Å². The number of nitrogens with zero attached hydrogens (tertiary/aromatic N) is 3. The molecule has 0 saturated carbocycles. The van der Waals surface area contributed by atoms with Crippen LogP contribution in [0.4, 0.5) is 4.79 Å². The molecule has 21 saturated heterocycles. The van der Waals surface area contributed by atoms with Gasteiger partial charge in [0.05, 0.1) is 58.5 Å². The Labute approximate surface area is 751 Å². The highest BCUT2D eigenvalue weighted by atomic mass is 16.8. The molecule has 25 N–H and O–H groups in total. The van der Waals surface area contributed by atoms with Gasteiger partial charge in [0.15, 0.2) is 44.0 Å². The van der Waals surface area contributed by atoms with Crippen LogP contribution in [0.25, 0.3) is 22.4 Å². The molecule has 131 heavy (non-hydrogen) atoms. The van der Waals surface area contributed by atoms with E-state index in [-0.39, 0.29) is 43.6 Å². The fourth-order valence-electron chi connectivity index (χ4n) is 16.6. The number of hydrazone groups is 1. The third-order valence-electron chi connectivity index (χ3n) is 23.9. The Morgan fingerprint density at radius 3 is 1.24 bits per heavy atom. The van der Waals surface area contributed by atoms with Crippen LogP contribution in [0.3, 0.4) is 0 Å². The van der Waals surface area contributed by atoms with E-state index >= 15 is 0 Å². The number of hydrogen-bond acceptors (Lipinski definition) is 45. The largest absolute Gasteiger partial charge is 0.478 e. The van der Waals surface area contributed by atoms with E-state index in [1.807, 2.05) is 66.7 Å². The number of hydrogen-bond donors (Lipinski definition) is 25. The van der Waals surface area contributed by atoms with Crippen molar-refractivity contribution in [1.82, 2.24) is 37.2 Å². The van der Waals surface area contributed by atoms with E-state index in [1.54, 1.807) is 25.9 Å². The summed E-state index contributed by atoms with van der Waals surface area (Å²) in [5.74, 6) is -0.156. The minimum atomic E-state index is -2.41. The number of rotatable bonds is 30. The number of amidine groups is 1. The molecule has 14 bridgehead atoms. The second-order valence-electron chi connectivity index (χ2n) is 35.0. The van der Waals surface area contributed by atoms with Crippen LogP contribution in [-0.2, 0) is 85.5 Å². The zero-order valence-corrected chi connectivity index (χ0v) is 72.6. The molecule has 1 unspecified atom stereocenters. The SMILES string of the molecule is CC(C)(C)OC(=O)NC(CCCCNC(=O)CCCCN1NN=C(C(C)(C)CCCCOc2cc(-c3ccccc3)cc(-c3ccccc3)n2)N1)C(=O)NO[C@@H]1[C@@H](O)[C@H]2O[C@H]3[C@H](O)[C@@H](O)[C@@H](O[C@H]4[C@H](O)[C@@H](O)[C@@H](O[C@H]5[C@H](O)[C@@H](O)[C@@H](O[C@H]6[C@H](O)[C@@H](O)[C@@H](O[C@H]7[C@H](O)[C@@H](O)[C@@H](O[C@H]8[C@H](O)[C@@H](O)[C@@H](O[C@@H]1[C@@H](CO)O2)O[C@@H]8CO)O[C@@H]7CO)O[C@@H]6CO)O[C@@H]5CO)O[C@@H]4CO)O[C@@H]3CO. The normalized spacial score (nSPS) is 38.3. The van der Waals surface area contributed by atoms with Crippen molar-refractivity contribution in [2.24, 2.45) is 10.5 Å². The van der Waals surface area contributed by atoms with Crippen LogP contribution < -0.4 is 31.8 Å². The summed E-state index contributed by atoms with van der Waals surface area (Å²) in [5, 5.41) is 239. The van der Waals surface area contributed by atoms with Gasteiger partial charge in [0, 0.05) is 36.6 Å². The van der Waals surface area contributed by atoms with E-state index in [0.29, 0.717) is 31.9 Å². The standard InChI is InChI=1S/C83H126N8O40/c1-82(2,3)130-81(114)86-40(22-12-15-25-84-49(99)23-13-16-26-91-88-80(87-90-91)83(4,5)24-14-17-27-115-50-29-39(37-18-8-6-9-19-37)28-41(85-50)38-20-10-7-11-21-38)72(113)89-131-71-63(112)79-122-48(36-98)70(71)129-78-62(111)56(105)68(46(34-96)121-78)127-76-60(109)54(103)66(44(32-94)119-76)125-74-58(107)52(101)64(42(30-92)117-74)123-73-57(106)51(100)65(43(31-93)116-73)124-75-59(108)53(102)67(45(33-95)118-75)126-77-61(110)55(104)69(128-79)47(35-97)120-77/h6-11,18-21,28-29,40,42-48,51-71,73-79,90,92-98,100-112H,12-17,22-27,30-36H2,1-5H3,(H,84,99)(H,86,114)(H,87,88)(H,89,113)/t40?,42-,43-,44-,45-,46-,47-,48-,51-,52-,53-,54-,55-,56-,57-,58-,59-,60-,61-,62-,63-,64-,65-,66-,67-,68-,69-,70-,71-,73-,74-,75-,76-,77-,78-,79-/m1/s1. The smallest absolute Gasteiger partial charge is 0.408 e. The summed E-state index contributed by atoms with van der Waals surface area (Å²) in [6, 6.07) is 22.4. The lowest BCUT2D eigenvalue weighted by molar-refractivity contribution is -0.399. The second kappa shape index (κ2) is 47.0. The van der Waals surface area contributed by atoms with E-state index in [0.717, 1.165) is 47.5 Å². The van der Waals surface area contributed by atoms with Crippen molar-refractivity contribution >= 4 is 23.7 Å². The number of unbranched alkanes of at least 4 members (excludes halogenated alkanes) is 3. The lowest BCUT2D eigenvalue weighted by Crippen LogP contribution is -2.69. The molecule has 48 heteroatoms. The first-order chi connectivity index (χ1) is 62.6. The average molecular weight is 1880 g/mol. The number of carbonyl (C=O) groups excluding carboxylic acids is 3. The molecule has 738 valence electrons. The molecule has 0 spiro atoms. The highest BCUT2D eigenvalue weighted by molar-refractivity contribution is 5.87. The van der Waals surface area contributed by atoms with Gasteiger partial charge in [-0.3, -0.25) is 19.9 Å². The van der Waals surface area contributed by atoms with Crippen molar-refractivity contribution in [3.8, 4) is 28.3 Å². The summed E-state index contributed by atoms with van der Waals surface area (Å²) in [5.41, 5.74) is 10.9. The van der Waals surface area contributed by atoms with Crippen molar-refractivity contribution in [3.05, 3.63) is 72.8 Å². The Bertz CT molecular complexity index is 4000. The van der Waals surface area contributed by atoms with Crippen LogP contribution in [0.5, 0.6) is 5.88 Å². The number of aromatic nitrogens is 1. The number of nitrogens with one attached hydrogen (secondary N) is 5. The number of hydroxylamine groups is 1. The van der Waals surface area contributed by atoms with Crippen molar-refractivity contribution < 1.29 is 197 Å². The van der Waals surface area contributed by atoms with Gasteiger partial charge in [0.25, 0.3) is 5.91 Å². The third kappa shape index (κ3) is 25.3. The van der Waals surface area contributed by atoms with Gasteiger partial charge in [-0.15, -0.1) is 10.2 Å². The molecule has 2 aromatic carbocycles. The zero-order chi connectivity index (χ0) is 94.4. The van der Waals surface area contributed by atoms with Crippen LogP contribution in [0.1, 0.15) is 92.4 Å². The Morgan fingerprint density at radius 1 is 0.443 bits per heavy atom. The van der Waals surface area contributed by atoms with Crippen LogP contribution in [0, 0.1) is 5.41 Å². The van der Waals surface area contributed by atoms with Crippen LogP contribution in [0.2, 0.25) is 0 Å². The van der Waals surface area contributed by atoms with E-state index in [4.69, 9.17) is 85.6 Å². The van der Waals surface area contributed by atoms with Crippen molar-refractivity contribution in [2.45, 2.75) is 319 Å². The summed E-state index contributed by atoms with van der Waals surface area (Å²) >= 11 is 0. The summed E-state index contributed by atoms with van der Waals surface area (Å²) in [7, 11) is 0. The van der Waals surface area contributed by atoms with Gasteiger partial charge in [0.2, 0.25) is 11.8 Å². The average Bonchev–Trinajstić information content (AvgIpc) is 1.55. The molecule has 1 aromatic heterocycles. The van der Waals surface area contributed by atoms with Crippen molar-refractivity contribution in [1.29, 1.82) is 0 Å². The lowest BCUT2D eigenvalue weighted by atomic mass is 9.86. The number of hydrazine groups is 2. The number of ether oxygens (including phenoxy) is 16. The molecule has 22 aliphatic rings. The van der Waals surface area contributed by atoms with E-state index in [2.05, 4.69) is 52.1 Å². The maximum absolute atomic E-state index is 14.6. The van der Waals surface area contributed by atoms with Crippen LogP contribution in [-0.4, -0.2) is 429 Å². The van der Waals surface area contributed by atoms with E-state index < -0.39 is 285 Å². The highest BCUT2D eigenvalue weighted by Crippen LogP contribution is 2.41. The molecule has 0 aliphatic carbocycles. The summed E-state index contributed by atoms with van der Waals surface area (Å²) in [4.78, 5) is 52.1. The van der Waals surface area contributed by atoms with Gasteiger partial charge in [0.1, 0.15) is 188 Å². The third-order valence-corrected chi connectivity index (χ3v) is 23.9. The monoisotopic (exact) mass is 1870 g/mol. The maximum atomic E-state index is 14.6. The van der Waals surface area contributed by atoms with Gasteiger partial charge in [-0.25, -0.2) is 20.8 Å². The molecule has 23 heterocycles. The molecule has 3 aromatic rings. The second-order valence-corrected chi connectivity index (χ2v) is 35.0. The van der Waals surface area contributed by atoms with Gasteiger partial charge in [-0.1, -0.05) is 74.5 Å². The zero-order valence-electron chi connectivity index (χ0n) is 72.6. The highest BCUT2D eigenvalue weighted by Gasteiger charge is 2.61. The number of carbonyl (C=O) groups is 3.